The molecule has 1 spiro atoms. The number of carbonyl (C=O) groups excluding carboxylic acids is 3. The number of rotatable bonds is 5. The van der Waals surface area contributed by atoms with E-state index in [4.69, 9.17) is 11.5 Å². The van der Waals surface area contributed by atoms with Crippen molar-refractivity contribution >= 4 is 29.6 Å². The zero-order valence-electron chi connectivity index (χ0n) is 20.1. The molecule has 4 atom stereocenters. The lowest BCUT2D eigenvalue weighted by atomic mass is 9.85. The maximum absolute atomic E-state index is 13.1. The van der Waals surface area contributed by atoms with Crippen LogP contribution in [0, 0.1) is 0 Å². The Morgan fingerprint density at radius 1 is 1.28 bits per heavy atom. The van der Waals surface area contributed by atoms with Crippen LogP contribution in [0.2, 0.25) is 0 Å². The first-order valence-corrected chi connectivity index (χ1v) is 11.9. The van der Waals surface area contributed by atoms with Crippen molar-refractivity contribution in [2.45, 2.75) is 62.2 Å². The lowest BCUT2D eigenvalue weighted by molar-refractivity contribution is -0.623. The first kappa shape index (κ1) is 24.0. The van der Waals surface area contributed by atoms with Crippen LogP contribution in [0.25, 0.3) is 0 Å². The number of benzene rings is 1. The van der Waals surface area contributed by atoms with Crippen molar-refractivity contribution in [1.29, 1.82) is 0 Å². The number of aliphatic hydroxyl groups is 2. The Morgan fingerprint density at radius 3 is 2.64 bits per heavy atom. The van der Waals surface area contributed by atoms with Gasteiger partial charge in [-0.3, -0.25) is 30.3 Å². The molecule has 13 heteroatoms. The molecular formula is C23H31N8O5+. The van der Waals surface area contributed by atoms with Crippen molar-refractivity contribution < 1.29 is 29.2 Å². The maximum Gasteiger partial charge on any atom is 0.346 e. The summed E-state index contributed by atoms with van der Waals surface area (Å²) in [4.78, 5) is 43.1. The number of nitrogens with zero attached hydrogens (tertiary/aromatic N) is 3. The van der Waals surface area contributed by atoms with Crippen LogP contribution in [0.5, 0.6) is 0 Å². The quantitative estimate of drug-likeness (QED) is 0.126. The van der Waals surface area contributed by atoms with Gasteiger partial charge in [-0.15, -0.1) is 0 Å². The molecule has 1 aromatic carbocycles. The highest BCUT2D eigenvalue weighted by atomic mass is 16.5. The zero-order valence-corrected chi connectivity index (χ0v) is 20.1. The lowest BCUT2D eigenvalue weighted by Gasteiger charge is -2.44. The van der Waals surface area contributed by atoms with E-state index in [-0.39, 0.29) is 55.6 Å². The third-order valence-corrected chi connectivity index (χ3v) is 7.52. The van der Waals surface area contributed by atoms with Crippen molar-refractivity contribution in [1.82, 2.24) is 20.9 Å². The number of carbonyl (C=O) groups is 3. The predicted molar refractivity (Wildman–Crippen MR) is 127 cm³/mol. The van der Waals surface area contributed by atoms with Gasteiger partial charge in [0.05, 0.1) is 13.1 Å². The molecule has 2 saturated heterocycles. The van der Waals surface area contributed by atoms with E-state index in [1.54, 1.807) is 18.2 Å². The van der Waals surface area contributed by atoms with Crippen LogP contribution in [0.1, 0.15) is 48.5 Å². The van der Waals surface area contributed by atoms with E-state index in [0.29, 0.717) is 5.56 Å². The second-order valence-corrected chi connectivity index (χ2v) is 10.0. The summed E-state index contributed by atoms with van der Waals surface area (Å²) < 4.78 is 1.47. The normalized spacial score (nSPS) is 30.6. The van der Waals surface area contributed by atoms with Gasteiger partial charge in [0.2, 0.25) is 23.3 Å². The molecule has 3 amide bonds. The number of aliphatic imine (C=N–C) groups is 1. The lowest BCUT2D eigenvalue weighted by Crippen LogP contribution is -2.79. The van der Waals surface area contributed by atoms with Crippen molar-refractivity contribution in [2.24, 2.45) is 16.5 Å². The minimum absolute atomic E-state index is 0.0605. The van der Waals surface area contributed by atoms with Crippen molar-refractivity contribution in [3.63, 3.8) is 0 Å². The fraction of sp³-hybridized carbons (Fsp3) is 0.522. The average molecular weight is 500 g/mol. The zero-order chi connectivity index (χ0) is 26.0. The SMILES string of the molecule is CC(C)c1cccc(C(=O)NC2C[N+]3=C(N)N[C@@H](CN4C(=O)CCC4=O)[C@@H]4N=C(N)N[C@@]43C2(O)O)c1. The number of nitrogens with one attached hydrogen (secondary N) is 3. The topological polar surface area (TPSA) is 198 Å². The predicted octanol–water partition coefficient (Wildman–Crippen LogP) is -2.97. The number of amides is 3. The molecule has 36 heavy (non-hydrogen) atoms. The first-order chi connectivity index (χ1) is 17.0. The van der Waals surface area contributed by atoms with Gasteiger partial charge in [-0.25, -0.2) is 9.57 Å². The van der Waals surface area contributed by atoms with Crippen LogP contribution in [-0.2, 0) is 9.59 Å². The molecule has 0 radical (unpaired) electrons. The minimum Gasteiger partial charge on any atom is -0.370 e. The fourth-order valence-electron chi connectivity index (χ4n) is 5.61. The van der Waals surface area contributed by atoms with Crippen LogP contribution in [0.4, 0.5) is 0 Å². The van der Waals surface area contributed by atoms with Crippen LogP contribution in [0.3, 0.4) is 0 Å². The third kappa shape index (κ3) is 3.41. The van der Waals surface area contributed by atoms with E-state index in [9.17, 15) is 24.6 Å². The number of hydrogen-bond acceptors (Lipinski definition) is 10. The Kier molecular flexibility index (Phi) is 5.45. The second-order valence-electron chi connectivity index (χ2n) is 10.0. The van der Waals surface area contributed by atoms with Gasteiger partial charge in [0.15, 0.2) is 5.96 Å². The van der Waals surface area contributed by atoms with E-state index in [0.717, 1.165) is 10.5 Å². The van der Waals surface area contributed by atoms with Crippen molar-refractivity contribution in [2.75, 3.05) is 13.1 Å². The molecule has 4 aliphatic heterocycles. The van der Waals surface area contributed by atoms with Gasteiger partial charge in [-0.1, -0.05) is 26.0 Å². The van der Waals surface area contributed by atoms with Gasteiger partial charge >= 0.3 is 5.96 Å². The summed E-state index contributed by atoms with van der Waals surface area (Å²) in [6.07, 6.45) is 0.235. The number of imide groups is 1. The highest BCUT2D eigenvalue weighted by Crippen LogP contribution is 2.41. The van der Waals surface area contributed by atoms with Gasteiger partial charge in [-0.2, -0.15) is 0 Å². The number of nitrogens with two attached hydrogens (primary N) is 2. The van der Waals surface area contributed by atoms with E-state index >= 15 is 0 Å². The molecule has 9 N–H and O–H groups in total. The highest BCUT2D eigenvalue weighted by Gasteiger charge is 2.75. The summed E-state index contributed by atoms with van der Waals surface area (Å²) in [5.74, 6) is -3.49. The van der Waals surface area contributed by atoms with Crippen LogP contribution >= 0.6 is 0 Å². The van der Waals surface area contributed by atoms with E-state index in [1.807, 2.05) is 19.9 Å². The van der Waals surface area contributed by atoms with Gasteiger partial charge < -0.3 is 26.6 Å². The van der Waals surface area contributed by atoms with Gasteiger partial charge in [0, 0.05) is 18.4 Å². The number of likely N-dealkylation sites (tertiary alicyclic amines) is 1. The number of guanidine groups is 2. The maximum atomic E-state index is 13.1. The second kappa shape index (κ2) is 8.17. The summed E-state index contributed by atoms with van der Waals surface area (Å²) in [5.41, 5.74) is 11.9. The molecular weight excluding hydrogens is 468 g/mol. The number of hydrogen-bond donors (Lipinski definition) is 7. The standard InChI is InChI=1S/C23H30N8O5/c1-11(2)12-4-3-5-13(8-12)19(34)27-15-10-31-21(25)26-14(9-30-16(32)6-7-17(30)33)18-22(31,23(15,35)36)29-20(24)28-18/h3-5,8,11,14-15,18,35-36H,6-7,9-10H2,1-2H3,(H6,24,25,26,27,28,29,34)/p+1/t14-,15?,18-,22-/m0/s1. The third-order valence-electron chi connectivity index (χ3n) is 7.52. The molecule has 1 aromatic rings. The molecule has 0 bridgehead atoms. The molecule has 0 aliphatic carbocycles. The molecule has 1 unspecified atom stereocenters. The van der Waals surface area contributed by atoms with Crippen LogP contribution in [0.15, 0.2) is 29.3 Å². The van der Waals surface area contributed by atoms with Crippen molar-refractivity contribution in [3.05, 3.63) is 35.4 Å². The van der Waals surface area contributed by atoms with Gasteiger partial charge in [0.25, 0.3) is 5.91 Å². The average Bonchev–Trinajstić information content (AvgIpc) is 3.42. The Morgan fingerprint density at radius 2 is 1.97 bits per heavy atom. The van der Waals surface area contributed by atoms with E-state index in [2.05, 4.69) is 20.9 Å². The molecule has 0 aromatic heterocycles. The van der Waals surface area contributed by atoms with E-state index in [1.165, 1.54) is 4.58 Å². The summed E-state index contributed by atoms with van der Waals surface area (Å²) in [5, 5.41) is 31.7. The Hall–Kier alpha value is -3.71. The minimum atomic E-state index is -2.59. The van der Waals surface area contributed by atoms with E-state index < -0.39 is 35.5 Å². The molecule has 2 fully saturated rings. The molecule has 5 rings (SSSR count). The summed E-state index contributed by atoms with van der Waals surface area (Å²) in [6, 6.07) is 4.22. The summed E-state index contributed by atoms with van der Waals surface area (Å²) in [7, 11) is 0. The molecule has 4 heterocycles. The van der Waals surface area contributed by atoms with Crippen LogP contribution in [-0.4, -0.2) is 92.0 Å². The fourth-order valence-corrected chi connectivity index (χ4v) is 5.61. The highest BCUT2D eigenvalue weighted by molar-refractivity contribution is 6.02. The monoisotopic (exact) mass is 499 g/mol. The first-order valence-electron chi connectivity index (χ1n) is 11.9. The molecule has 13 nitrogen and oxygen atoms in total. The molecule has 4 aliphatic rings. The Bertz CT molecular complexity index is 1190. The molecule has 0 saturated carbocycles. The largest absolute Gasteiger partial charge is 0.370 e. The Balaban J connectivity index is 1.46. The summed E-state index contributed by atoms with van der Waals surface area (Å²) in [6.45, 7) is 3.88. The van der Waals surface area contributed by atoms with Crippen LogP contribution < -0.4 is 27.4 Å². The smallest absolute Gasteiger partial charge is 0.346 e. The van der Waals surface area contributed by atoms with Crippen molar-refractivity contribution in [3.8, 4) is 0 Å². The van der Waals surface area contributed by atoms with Gasteiger partial charge in [0.1, 0.15) is 18.1 Å². The Labute approximate surface area is 207 Å². The molecule has 192 valence electrons. The summed E-state index contributed by atoms with van der Waals surface area (Å²) >= 11 is 0. The van der Waals surface area contributed by atoms with Gasteiger partial charge in [-0.05, 0) is 23.6 Å².